The van der Waals surface area contributed by atoms with E-state index in [0.29, 0.717) is 44.6 Å². The van der Waals surface area contributed by atoms with Crippen LogP contribution in [-0.4, -0.2) is 44.2 Å². The second kappa shape index (κ2) is 7.25. The van der Waals surface area contributed by atoms with Crippen LogP contribution in [0.5, 0.6) is 0 Å². The van der Waals surface area contributed by atoms with Crippen molar-refractivity contribution in [2.75, 3.05) is 18.4 Å². The molecule has 3 heterocycles. The fraction of sp³-hybridized carbons (Fsp3) is 0.500. The summed E-state index contributed by atoms with van der Waals surface area (Å²) in [4.78, 5) is 20.3. The Morgan fingerprint density at radius 2 is 2.20 bits per heavy atom. The highest BCUT2D eigenvalue weighted by Crippen LogP contribution is 2.37. The summed E-state index contributed by atoms with van der Waals surface area (Å²) in [6.45, 7) is 2.97. The molecule has 25 heavy (non-hydrogen) atoms. The van der Waals surface area contributed by atoms with E-state index in [9.17, 15) is 4.79 Å². The summed E-state index contributed by atoms with van der Waals surface area (Å²) in [5.74, 6) is 3.89. The summed E-state index contributed by atoms with van der Waals surface area (Å²) in [5, 5.41) is 18.3. The van der Waals surface area contributed by atoms with Gasteiger partial charge in [0.05, 0.1) is 0 Å². The van der Waals surface area contributed by atoms with E-state index in [1.54, 1.807) is 4.52 Å². The second-order valence-electron chi connectivity index (χ2n) is 5.92. The third-order valence-electron chi connectivity index (χ3n) is 3.94. The molecule has 0 radical (unpaired) electrons. The van der Waals surface area contributed by atoms with Gasteiger partial charge in [0, 0.05) is 50.5 Å². The second-order valence-corrected chi connectivity index (χ2v) is 5.92. The summed E-state index contributed by atoms with van der Waals surface area (Å²) in [6.07, 6.45) is 9.05. The van der Waals surface area contributed by atoms with Crippen LogP contribution in [0.15, 0.2) is 22.6 Å². The zero-order chi connectivity index (χ0) is 17.7. The number of hydrogen-bond donors (Lipinski definition) is 2. The number of fused-ring (bicyclic) bond motifs is 1. The van der Waals surface area contributed by atoms with Crippen LogP contribution in [0.4, 0.5) is 5.82 Å². The highest BCUT2D eigenvalue weighted by atomic mass is 16.1. The van der Waals surface area contributed by atoms with Gasteiger partial charge in [-0.2, -0.15) is 24.8 Å². The van der Waals surface area contributed by atoms with Crippen LogP contribution in [0, 0.1) is 19.3 Å². The maximum atomic E-state index is 11.9. The minimum absolute atomic E-state index is 0.0176. The van der Waals surface area contributed by atoms with Gasteiger partial charge in [-0.3, -0.25) is 4.79 Å². The summed E-state index contributed by atoms with van der Waals surface area (Å²) in [5.41, 5.74) is 0.441. The van der Waals surface area contributed by atoms with E-state index in [-0.39, 0.29) is 5.91 Å². The predicted molar refractivity (Wildman–Crippen MR) is 91.9 cm³/mol. The molecule has 9 nitrogen and oxygen atoms in total. The molecule has 0 saturated heterocycles. The molecule has 1 aliphatic heterocycles. The van der Waals surface area contributed by atoms with Gasteiger partial charge in [0.25, 0.3) is 5.78 Å². The first-order chi connectivity index (χ1) is 12.1. The maximum absolute atomic E-state index is 11.9. The molecule has 1 amide bonds. The average Bonchev–Trinajstić information content (AvgIpc) is 3.22. The first kappa shape index (κ1) is 16.8. The Kier molecular flexibility index (Phi) is 4.88. The molecule has 0 aromatic carbocycles. The smallest absolute Gasteiger partial charge is 0.254 e. The molecular formula is C16H20N8O. The van der Waals surface area contributed by atoms with Gasteiger partial charge in [0.1, 0.15) is 12.1 Å². The Bertz CT molecular complexity index is 828. The minimum atomic E-state index is -0.408. The highest BCUT2D eigenvalue weighted by molar-refractivity contribution is 5.76. The lowest BCUT2D eigenvalue weighted by atomic mass is 10.0. The topological polar surface area (TPSA) is 109 Å². The van der Waals surface area contributed by atoms with Crippen LogP contribution in [0.25, 0.3) is 5.78 Å². The lowest BCUT2D eigenvalue weighted by molar-refractivity contribution is -0.121. The normalized spacial score (nSPS) is 14.2. The van der Waals surface area contributed by atoms with Gasteiger partial charge in [-0.1, -0.05) is 0 Å². The highest BCUT2D eigenvalue weighted by Gasteiger charge is 2.39. The van der Waals surface area contributed by atoms with Crippen molar-refractivity contribution >= 4 is 17.5 Å². The molecule has 2 aromatic heterocycles. The molecule has 0 bridgehead atoms. The van der Waals surface area contributed by atoms with E-state index in [1.165, 1.54) is 6.33 Å². The lowest BCUT2D eigenvalue weighted by Gasteiger charge is -2.11. The van der Waals surface area contributed by atoms with E-state index >= 15 is 0 Å². The summed E-state index contributed by atoms with van der Waals surface area (Å²) in [6, 6.07) is 1.88. The van der Waals surface area contributed by atoms with Crippen LogP contribution in [0.2, 0.25) is 0 Å². The number of rotatable bonds is 9. The molecule has 0 saturated carbocycles. The van der Waals surface area contributed by atoms with Gasteiger partial charge < -0.3 is 10.6 Å². The van der Waals surface area contributed by atoms with E-state index in [4.69, 9.17) is 6.42 Å². The Hall–Kier alpha value is -3.02. The van der Waals surface area contributed by atoms with Crippen molar-refractivity contribution in [3.05, 3.63) is 18.1 Å². The van der Waals surface area contributed by atoms with Crippen molar-refractivity contribution in [1.29, 1.82) is 0 Å². The number of aryl methyl sites for hydroxylation is 1. The summed E-state index contributed by atoms with van der Waals surface area (Å²) in [7, 11) is 0. The molecule has 0 unspecified atom stereocenters. The van der Waals surface area contributed by atoms with Crippen molar-refractivity contribution < 1.29 is 4.79 Å². The lowest BCUT2D eigenvalue weighted by Crippen LogP contribution is -2.30. The van der Waals surface area contributed by atoms with Gasteiger partial charge in [-0.25, -0.2) is 4.98 Å². The molecule has 0 spiro atoms. The fourth-order valence-electron chi connectivity index (χ4n) is 2.52. The van der Waals surface area contributed by atoms with Gasteiger partial charge in [0.2, 0.25) is 5.91 Å². The fourth-order valence-corrected chi connectivity index (χ4v) is 2.52. The van der Waals surface area contributed by atoms with Crippen LogP contribution in [0.1, 0.15) is 31.4 Å². The first-order valence-electron chi connectivity index (χ1n) is 8.17. The largest absolute Gasteiger partial charge is 0.368 e. The molecule has 3 rings (SSSR count). The number of nitrogens with one attached hydrogen (secondary N) is 2. The molecule has 0 fully saturated rings. The van der Waals surface area contributed by atoms with Gasteiger partial charge in [0.15, 0.2) is 5.66 Å². The molecule has 2 aromatic rings. The predicted octanol–water partition coefficient (Wildman–Crippen LogP) is 1.32. The third kappa shape index (κ3) is 4.29. The number of carbonyl (C=O) groups excluding carboxylic acids is 1. The van der Waals surface area contributed by atoms with Gasteiger partial charge >= 0.3 is 0 Å². The Morgan fingerprint density at radius 1 is 1.36 bits per heavy atom. The minimum Gasteiger partial charge on any atom is -0.368 e. The van der Waals surface area contributed by atoms with Crippen LogP contribution >= 0.6 is 0 Å². The van der Waals surface area contributed by atoms with E-state index < -0.39 is 5.66 Å². The molecule has 9 heteroatoms. The molecule has 2 N–H and O–H groups in total. The quantitative estimate of drug-likeness (QED) is 0.528. The number of hydrogen-bond acceptors (Lipinski definition) is 7. The number of anilines is 1. The molecule has 1 aliphatic rings. The van der Waals surface area contributed by atoms with Crippen molar-refractivity contribution in [1.82, 2.24) is 24.9 Å². The average molecular weight is 340 g/mol. The van der Waals surface area contributed by atoms with Crippen LogP contribution in [-0.2, 0) is 4.79 Å². The summed E-state index contributed by atoms with van der Waals surface area (Å²) >= 11 is 0. The zero-order valence-corrected chi connectivity index (χ0v) is 14.1. The zero-order valence-electron chi connectivity index (χ0n) is 14.1. The van der Waals surface area contributed by atoms with Gasteiger partial charge in [-0.15, -0.1) is 12.3 Å². The molecular weight excluding hydrogens is 320 g/mol. The Labute approximate surface area is 145 Å². The van der Waals surface area contributed by atoms with Crippen molar-refractivity contribution in [3.63, 3.8) is 0 Å². The standard InChI is InChI=1S/C16H20N8O/c1-3-4-6-16(22-23-16)7-5-14(25)18-9-8-17-13-10-12(2)21-15-19-11-20-24(13)15/h1,10-11,17H,4-9H2,2H3,(H,18,25). The van der Waals surface area contributed by atoms with E-state index in [2.05, 4.69) is 41.8 Å². The number of carbonyl (C=O) groups is 1. The number of amides is 1. The first-order valence-corrected chi connectivity index (χ1v) is 8.17. The van der Waals surface area contributed by atoms with E-state index in [0.717, 1.165) is 11.5 Å². The molecule has 130 valence electrons. The number of aromatic nitrogens is 4. The maximum Gasteiger partial charge on any atom is 0.254 e. The van der Waals surface area contributed by atoms with Crippen molar-refractivity contribution in [2.45, 2.75) is 38.3 Å². The molecule has 0 aliphatic carbocycles. The third-order valence-corrected chi connectivity index (χ3v) is 3.94. The monoisotopic (exact) mass is 340 g/mol. The van der Waals surface area contributed by atoms with E-state index in [1.807, 2.05) is 13.0 Å². The summed E-state index contributed by atoms with van der Waals surface area (Å²) < 4.78 is 1.63. The number of nitrogens with zero attached hydrogens (tertiary/aromatic N) is 6. The Morgan fingerprint density at radius 3 is 2.96 bits per heavy atom. The Balaban J connectivity index is 1.39. The van der Waals surface area contributed by atoms with Gasteiger partial charge in [-0.05, 0) is 6.92 Å². The van der Waals surface area contributed by atoms with Crippen molar-refractivity contribution in [3.8, 4) is 12.3 Å². The SMILES string of the molecule is C#CCCC1(CCC(=O)NCCNc2cc(C)nc3ncnn23)N=N1. The number of terminal acetylenes is 1. The van der Waals surface area contributed by atoms with Crippen molar-refractivity contribution in [2.24, 2.45) is 10.2 Å². The van der Waals surface area contributed by atoms with Crippen LogP contribution < -0.4 is 10.6 Å². The molecule has 0 atom stereocenters. The van der Waals surface area contributed by atoms with Crippen LogP contribution in [0.3, 0.4) is 0 Å².